The van der Waals surface area contributed by atoms with Gasteiger partial charge < -0.3 is 0 Å². The van der Waals surface area contributed by atoms with Crippen LogP contribution in [0.2, 0.25) is 0 Å². The first kappa shape index (κ1) is 10.7. The maximum absolute atomic E-state index is 5.56. The maximum Gasteiger partial charge on any atom is 0.0226 e. The third kappa shape index (κ3) is 5.51. The normalized spacial score (nSPS) is 12.1. The second kappa shape index (κ2) is 7.83. The Morgan fingerprint density at radius 3 is 2.60 bits per heavy atom. The molecule has 0 rings (SSSR count). The molecule has 0 saturated carbocycles. The molecule has 10 heavy (non-hydrogen) atoms. The molecule has 0 aromatic rings. The molecule has 60 valence electrons. The average Bonchev–Trinajstić information content (AvgIpc) is 1.98. The van der Waals surface area contributed by atoms with Crippen molar-refractivity contribution in [2.45, 2.75) is 12.8 Å². The summed E-state index contributed by atoms with van der Waals surface area (Å²) in [5, 5.41) is 2.19. The zero-order valence-electron chi connectivity index (χ0n) is 6.39. The van der Waals surface area contributed by atoms with Crippen molar-refractivity contribution in [3.63, 3.8) is 0 Å². The summed E-state index contributed by atoms with van der Waals surface area (Å²) in [6.45, 7) is 0. The van der Waals surface area contributed by atoms with Crippen LogP contribution >= 0.6 is 35.1 Å². The Morgan fingerprint density at radius 1 is 1.50 bits per heavy atom. The minimum Gasteiger partial charge on any atom is -0.137 e. The molecule has 0 bridgehead atoms. The van der Waals surface area contributed by atoms with E-state index in [-0.39, 0.29) is 0 Å². The van der Waals surface area contributed by atoms with Crippen molar-refractivity contribution in [2.24, 2.45) is 0 Å². The van der Waals surface area contributed by atoms with Crippen LogP contribution in [0.25, 0.3) is 0 Å². The molecule has 0 atom stereocenters. The summed E-state index contributed by atoms with van der Waals surface area (Å²) in [6, 6.07) is 0. The van der Waals surface area contributed by atoms with Crippen LogP contribution in [0, 0.1) is 0 Å². The van der Waals surface area contributed by atoms with E-state index in [1.807, 2.05) is 11.8 Å². The van der Waals surface area contributed by atoms with Gasteiger partial charge in [0.2, 0.25) is 0 Å². The molecule has 0 aliphatic heterocycles. The highest BCUT2D eigenvalue weighted by molar-refractivity contribution is 8.05. The molecule has 0 amide bonds. The standard InChI is InChI=1S/C7H13ClS2/c1-9-6-7(10-2)4-3-5-8/h6H,3-5H2,1-2H3/b7-6-. The number of allylic oxidation sites excluding steroid dienone is 1. The highest BCUT2D eigenvalue weighted by atomic mass is 35.5. The second-order valence-electron chi connectivity index (χ2n) is 1.82. The molecule has 0 aromatic heterocycles. The molecule has 0 spiro atoms. The van der Waals surface area contributed by atoms with Crippen molar-refractivity contribution in [3.8, 4) is 0 Å². The van der Waals surface area contributed by atoms with E-state index in [4.69, 9.17) is 11.6 Å². The van der Waals surface area contributed by atoms with Crippen molar-refractivity contribution in [1.82, 2.24) is 0 Å². The number of alkyl halides is 1. The second-order valence-corrected chi connectivity index (χ2v) is 3.83. The molecule has 0 fully saturated rings. The van der Waals surface area contributed by atoms with E-state index in [1.165, 1.54) is 4.91 Å². The highest BCUT2D eigenvalue weighted by Gasteiger charge is 1.92. The lowest BCUT2D eigenvalue weighted by Crippen LogP contribution is -1.78. The zero-order valence-corrected chi connectivity index (χ0v) is 8.78. The van der Waals surface area contributed by atoms with Gasteiger partial charge in [0.05, 0.1) is 0 Å². The molecular formula is C7H13ClS2. The van der Waals surface area contributed by atoms with E-state index in [0.717, 1.165) is 18.7 Å². The fourth-order valence-corrected chi connectivity index (χ4v) is 2.12. The summed E-state index contributed by atoms with van der Waals surface area (Å²) in [5.74, 6) is 0.770. The van der Waals surface area contributed by atoms with Gasteiger partial charge in [0.1, 0.15) is 0 Å². The highest BCUT2D eigenvalue weighted by Crippen LogP contribution is 2.20. The van der Waals surface area contributed by atoms with Crippen molar-refractivity contribution < 1.29 is 0 Å². The monoisotopic (exact) mass is 196 g/mol. The first-order valence-corrected chi connectivity index (χ1v) is 6.21. The molecule has 0 saturated heterocycles. The molecule has 3 heteroatoms. The molecule has 0 aliphatic carbocycles. The van der Waals surface area contributed by atoms with Crippen molar-refractivity contribution >= 4 is 35.1 Å². The van der Waals surface area contributed by atoms with Gasteiger partial charge in [-0.15, -0.1) is 35.1 Å². The van der Waals surface area contributed by atoms with Crippen LogP contribution in [0.1, 0.15) is 12.8 Å². The Hall–Kier alpha value is 0.730. The Morgan fingerprint density at radius 2 is 2.20 bits per heavy atom. The van der Waals surface area contributed by atoms with Crippen molar-refractivity contribution in [3.05, 3.63) is 10.3 Å². The topological polar surface area (TPSA) is 0 Å². The van der Waals surface area contributed by atoms with Crippen molar-refractivity contribution in [2.75, 3.05) is 18.4 Å². The summed E-state index contributed by atoms with van der Waals surface area (Å²) in [7, 11) is 0. The Kier molecular flexibility index (Phi) is 8.40. The van der Waals surface area contributed by atoms with Gasteiger partial charge in [-0.05, 0) is 35.7 Å². The van der Waals surface area contributed by atoms with E-state index in [1.54, 1.807) is 11.8 Å². The van der Waals surface area contributed by atoms with Crippen LogP contribution < -0.4 is 0 Å². The van der Waals surface area contributed by atoms with Crippen molar-refractivity contribution in [1.29, 1.82) is 0 Å². The molecular weight excluding hydrogens is 184 g/mol. The summed E-state index contributed by atoms with van der Waals surface area (Å²) < 4.78 is 0. The number of rotatable bonds is 5. The minimum absolute atomic E-state index is 0.770. The lowest BCUT2D eigenvalue weighted by atomic mass is 10.3. The third-order valence-corrected chi connectivity index (χ3v) is 2.85. The maximum atomic E-state index is 5.56. The quantitative estimate of drug-likeness (QED) is 0.617. The Bertz CT molecular complexity index is 102. The van der Waals surface area contributed by atoms with Gasteiger partial charge >= 0.3 is 0 Å². The predicted octanol–water partition coefficient (Wildman–Crippen LogP) is 3.57. The van der Waals surface area contributed by atoms with Crippen LogP contribution in [-0.2, 0) is 0 Å². The molecule has 0 nitrogen and oxygen atoms in total. The zero-order chi connectivity index (χ0) is 7.82. The van der Waals surface area contributed by atoms with Gasteiger partial charge in [-0.2, -0.15) is 0 Å². The van der Waals surface area contributed by atoms with E-state index < -0.39 is 0 Å². The van der Waals surface area contributed by atoms with E-state index in [9.17, 15) is 0 Å². The average molecular weight is 197 g/mol. The largest absolute Gasteiger partial charge is 0.137 e. The molecule has 0 heterocycles. The predicted molar refractivity (Wildman–Crippen MR) is 55.1 cm³/mol. The number of hydrogen-bond acceptors (Lipinski definition) is 2. The molecule has 0 radical (unpaired) electrons. The van der Waals surface area contributed by atoms with Crippen LogP contribution in [0.5, 0.6) is 0 Å². The van der Waals surface area contributed by atoms with Crippen LogP contribution in [0.3, 0.4) is 0 Å². The molecule has 0 N–H and O–H groups in total. The summed E-state index contributed by atoms with van der Waals surface area (Å²) in [4.78, 5) is 1.44. The fraction of sp³-hybridized carbons (Fsp3) is 0.714. The number of thioether (sulfide) groups is 2. The fourth-order valence-electron chi connectivity index (χ4n) is 0.582. The lowest BCUT2D eigenvalue weighted by Gasteiger charge is -1.99. The molecule has 0 aliphatic rings. The van der Waals surface area contributed by atoms with Crippen LogP contribution in [0.4, 0.5) is 0 Å². The van der Waals surface area contributed by atoms with E-state index in [0.29, 0.717) is 0 Å². The number of hydrogen-bond donors (Lipinski definition) is 0. The Balaban J connectivity index is 3.49. The lowest BCUT2D eigenvalue weighted by molar-refractivity contribution is 0.957. The number of halogens is 1. The summed E-state index contributed by atoms with van der Waals surface area (Å²) in [5.41, 5.74) is 0. The molecule has 0 aromatic carbocycles. The first-order chi connectivity index (χ1) is 4.85. The third-order valence-electron chi connectivity index (χ3n) is 1.07. The van der Waals surface area contributed by atoms with Gasteiger partial charge in [0.15, 0.2) is 0 Å². The van der Waals surface area contributed by atoms with Gasteiger partial charge in [-0.3, -0.25) is 0 Å². The SMILES string of the molecule is CS/C=C(/CCCCl)SC. The van der Waals surface area contributed by atoms with Crippen LogP contribution in [-0.4, -0.2) is 18.4 Å². The smallest absolute Gasteiger partial charge is 0.0226 e. The van der Waals surface area contributed by atoms with Gasteiger partial charge in [-0.25, -0.2) is 0 Å². The van der Waals surface area contributed by atoms with Gasteiger partial charge in [0, 0.05) is 5.88 Å². The Labute approximate surface area is 76.8 Å². The minimum atomic E-state index is 0.770. The summed E-state index contributed by atoms with van der Waals surface area (Å²) >= 11 is 9.13. The van der Waals surface area contributed by atoms with E-state index in [2.05, 4.69) is 17.9 Å². The molecule has 0 unspecified atom stereocenters. The first-order valence-electron chi connectivity index (χ1n) is 3.17. The van der Waals surface area contributed by atoms with E-state index >= 15 is 0 Å². The van der Waals surface area contributed by atoms with Crippen LogP contribution in [0.15, 0.2) is 10.3 Å². The van der Waals surface area contributed by atoms with Gasteiger partial charge in [0.25, 0.3) is 0 Å². The van der Waals surface area contributed by atoms with Gasteiger partial charge in [-0.1, -0.05) is 0 Å². The summed E-state index contributed by atoms with van der Waals surface area (Å²) in [6.07, 6.45) is 6.41.